The Balaban J connectivity index is 1.63. The zero-order valence-corrected chi connectivity index (χ0v) is 21.0. The summed E-state index contributed by atoms with van der Waals surface area (Å²) >= 11 is 5.81. The summed E-state index contributed by atoms with van der Waals surface area (Å²) in [5.74, 6) is -0.167. The van der Waals surface area contributed by atoms with Crippen LogP contribution in [0.15, 0.2) is 79.0 Å². The Hall–Kier alpha value is -4.17. The standard InChI is InChI=1S/C28H26N4O3S/c1-17-16-23(18(2)31(17)20-9-7-19(8-10-20)27(34)35-3)26-25(24-6-4-5-15-29-24)30-28(36)32(26)21-11-13-22(33)14-12-21/h4-16,25-26,33H,1-3H3,(H,30,36)/t25-,26-/m1/s1. The van der Waals surface area contributed by atoms with Crippen molar-refractivity contribution in [1.29, 1.82) is 0 Å². The minimum Gasteiger partial charge on any atom is -0.508 e. The second-order valence-electron chi connectivity index (χ2n) is 8.71. The summed E-state index contributed by atoms with van der Waals surface area (Å²) in [5, 5.41) is 13.9. The molecule has 1 aliphatic rings. The lowest BCUT2D eigenvalue weighted by molar-refractivity contribution is 0.0600. The molecule has 182 valence electrons. The fourth-order valence-electron chi connectivity index (χ4n) is 4.91. The zero-order valence-electron chi connectivity index (χ0n) is 20.2. The van der Waals surface area contributed by atoms with Gasteiger partial charge >= 0.3 is 5.97 Å². The van der Waals surface area contributed by atoms with E-state index in [2.05, 4.69) is 39.7 Å². The van der Waals surface area contributed by atoms with Gasteiger partial charge in [0.2, 0.25) is 0 Å². The van der Waals surface area contributed by atoms with Crippen LogP contribution < -0.4 is 10.2 Å². The van der Waals surface area contributed by atoms with Crippen molar-refractivity contribution in [1.82, 2.24) is 14.9 Å². The number of aromatic nitrogens is 2. The normalized spacial score (nSPS) is 17.2. The van der Waals surface area contributed by atoms with Crippen molar-refractivity contribution >= 4 is 29.0 Å². The van der Waals surface area contributed by atoms with E-state index in [1.807, 2.05) is 42.5 Å². The number of methoxy groups -OCH3 is 1. The van der Waals surface area contributed by atoms with Crippen LogP contribution in [0.2, 0.25) is 0 Å². The molecule has 0 bridgehead atoms. The third-order valence-electron chi connectivity index (χ3n) is 6.56. The number of aromatic hydroxyl groups is 1. The van der Waals surface area contributed by atoms with E-state index in [1.54, 1.807) is 30.5 Å². The maximum atomic E-state index is 11.9. The molecule has 2 aromatic heterocycles. The first kappa shape index (κ1) is 23.6. The molecule has 3 heterocycles. The Labute approximate surface area is 215 Å². The Morgan fingerprint density at radius 2 is 1.72 bits per heavy atom. The number of benzene rings is 2. The predicted octanol–water partition coefficient (Wildman–Crippen LogP) is 5.16. The van der Waals surface area contributed by atoms with Crippen LogP contribution in [0.5, 0.6) is 5.75 Å². The fourth-order valence-corrected chi connectivity index (χ4v) is 5.26. The molecule has 2 N–H and O–H groups in total. The number of thiocarbonyl (C=S) groups is 1. The number of esters is 1. The lowest BCUT2D eigenvalue weighted by atomic mass is 9.96. The van der Waals surface area contributed by atoms with Gasteiger partial charge in [0.1, 0.15) is 5.75 Å². The highest BCUT2D eigenvalue weighted by molar-refractivity contribution is 7.80. The number of rotatable bonds is 5. The van der Waals surface area contributed by atoms with Crippen LogP contribution >= 0.6 is 12.2 Å². The molecule has 0 saturated carbocycles. The molecule has 36 heavy (non-hydrogen) atoms. The largest absolute Gasteiger partial charge is 0.508 e. The molecule has 0 amide bonds. The average Bonchev–Trinajstić information content (AvgIpc) is 3.39. The van der Waals surface area contributed by atoms with Gasteiger partial charge in [0.15, 0.2) is 5.11 Å². The third-order valence-corrected chi connectivity index (χ3v) is 6.88. The minimum absolute atomic E-state index is 0.175. The molecule has 1 aliphatic heterocycles. The molecular weight excluding hydrogens is 472 g/mol. The van der Waals surface area contributed by atoms with Gasteiger partial charge in [-0.2, -0.15) is 0 Å². The number of phenolic OH excluding ortho intramolecular Hbond substituents is 1. The smallest absolute Gasteiger partial charge is 0.337 e. The van der Waals surface area contributed by atoms with Crippen LogP contribution in [-0.2, 0) is 4.74 Å². The van der Waals surface area contributed by atoms with E-state index in [0.717, 1.165) is 34.0 Å². The van der Waals surface area contributed by atoms with Crippen molar-refractivity contribution < 1.29 is 14.6 Å². The molecule has 2 atom stereocenters. The van der Waals surface area contributed by atoms with Crippen LogP contribution in [0.3, 0.4) is 0 Å². The molecule has 5 rings (SSSR count). The summed E-state index contributed by atoms with van der Waals surface area (Å²) in [5.41, 5.74) is 6.42. The van der Waals surface area contributed by atoms with Gasteiger partial charge in [-0.3, -0.25) is 4.98 Å². The lowest BCUT2D eigenvalue weighted by Crippen LogP contribution is -2.29. The number of anilines is 1. The maximum Gasteiger partial charge on any atom is 0.337 e. The molecule has 1 saturated heterocycles. The molecule has 8 heteroatoms. The molecule has 4 aromatic rings. The van der Waals surface area contributed by atoms with Crippen molar-refractivity contribution in [2.75, 3.05) is 12.0 Å². The number of carbonyl (C=O) groups is 1. The number of hydrogen-bond acceptors (Lipinski definition) is 5. The summed E-state index contributed by atoms with van der Waals surface area (Å²) in [4.78, 5) is 18.6. The first-order valence-electron chi connectivity index (χ1n) is 11.6. The quantitative estimate of drug-likeness (QED) is 0.291. The van der Waals surface area contributed by atoms with Crippen LogP contribution in [-0.4, -0.2) is 32.8 Å². The van der Waals surface area contributed by atoms with Crippen molar-refractivity contribution in [3.63, 3.8) is 0 Å². The number of carbonyl (C=O) groups excluding carboxylic acids is 1. The van der Waals surface area contributed by atoms with Gasteiger partial charge < -0.3 is 24.6 Å². The number of nitrogens with zero attached hydrogens (tertiary/aromatic N) is 3. The Morgan fingerprint density at radius 3 is 2.36 bits per heavy atom. The van der Waals surface area contributed by atoms with Gasteiger partial charge in [0.25, 0.3) is 0 Å². The maximum absolute atomic E-state index is 11.9. The lowest BCUT2D eigenvalue weighted by Gasteiger charge is -2.28. The molecular formula is C28H26N4O3S. The summed E-state index contributed by atoms with van der Waals surface area (Å²) in [6.45, 7) is 4.15. The average molecular weight is 499 g/mol. The first-order chi connectivity index (χ1) is 17.4. The Morgan fingerprint density at radius 1 is 1.03 bits per heavy atom. The fraction of sp³-hybridized carbons (Fsp3) is 0.179. The molecule has 0 aliphatic carbocycles. The summed E-state index contributed by atoms with van der Waals surface area (Å²) in [6.07, 6.45) is 1.78. The molecule has 1 fully saturated rings. The number of nitrogens with one attached hydrogen (secondary N) is 1. The van der Waals surface area contributed by atoms with Crippen molar-refractivity contribution in [2.45, 2.75) is 25.9 Å². The third kappa shape index (κ3) is 4.09. The van der Waals surface area contributed by atoms with Crippen LogP contribution in [0.25, 0.3) is 5.69 Å². The van der Waals surface area contributed by atoms with Gasteiger partial charge in [-0.05, 0) is 98.4 Å². The number of ether oxygens (including phenoxy) is 1. The molecule has 0 spiro atoms. The summed E-state index contributed by atoms with van der Waals surface area (Å²) in [7, 11) is 1.38. The van der Waals surface area contributed by atoms with E-state index < -0.39 is 0 Å². The van der Waals surface area contributed by atoms with Crippen LogP contribution in [0.1, 0.15) is 45.1 Å². The van der Waals surface area contributed by atoms with E-state index in [9.17, 15) is 9.90 Å². The number of aryl methyl sites for hydroxylation is 1. The Bertz CT molecular complexity index is 1420. The first-order valence-corrected chi connectivity index (χ1v) is 12.0. The van der Waals surface area contributed by atoms with Crippen molar-refractivity contribution in [3.8, 4) is 11.4 Å². The van der Waals surface area contributed by atoms with Gasteiger partial charge in [-0.25, -0.2) is 4.79 Å². The summed E-state index contributed by atoms with van der Waals surface area (Å²) in [6, 6.07) is 22.1. The van der Waals surface area contributed by atoms with Gasteiger partial charge in [0.05, 0.1) is 30.5 Å². The van der Waals surface area contributed by atoms with E-state index in [-0.39, 0.29) is 23.8 Å². The molecule has 0 radical (unpaired) electrons. The number of pyridine rings is 1. The second kappa shape index (κ2) is 9.47. The predicted molar refractivity (Wildman–Crippen MR) is 143 cm³/mol. The van der Waals surface area contributed by atoms with E-state index in [1.165, 1.54) is 7.11 Å². The topological polar surface area (TPSA) is 79.6 Å². The summed E-state index contributed by atoms with van der Waals surface area (Å²) < 4.78 is 7.00. The van der Waals surface area contributed by atoms with Crippen molar-refractivity contribution in [3.05, 3.63) is 107 Å². The van der Waals surface area contributed by atoms with Gasteiger partial charge in [0, 0.05) is 29.0 Å². The molecule has 0 unspecified atom stereocenters. The highest BCUT2D eigenvalue weighted by Crippen LogP contribution is 2.44. The molecule has 7 nitrogen and oxygen atoms in total. The highest BCUT2D eigenvalue weighted by atomic mass is 32.1. The highest BCUT2D eigenvalue weighted by Gasteiger charge is 2.42. The SMILES string of the molecule is COC(=O)c1ccc(-n2c(C)cc([C@@H]3[C@@H](c4ccccn4)NC(=S)N3c3ccc(O)cc3)c2C)cc1. The van der Waals surface area contributed by atoms with Gasteiger partial charge in [-0.1, -0.05) is 6.07 Å². The number of phenols is 1. The van der Waals surface area contributed by atoms with Crippen LogP contribution in [0, 0.1) is 13.8 Å². The second-order valence-corrected chi connectivity index (χ2v) is 9.10. The van der Waals surface area contributed by atoms with Gasteiger partial charge in [-0.15, -0.1) is 0 Å². The monoisotopic (exact) mass is 498 g/mol. The minimum atomic E-state index is -0.364. The number of hydrogen-bond donors (Lipinski definition) is 2. The van der Waals surface area contributed by atoms with Crippen molar-refractivity contribution in [2.24, 2.45) is 0 Å². The van der Waals surface area contributed by atoms with E-state index >= 15 is 0 Å². The molecule has 2 aromatic carbocycles. The Kier molecular flexibility index (Phi) is 6.20. The zero-order chi connectivity index (χ0) is 25.4. The van der Waals surface area contributed by atoms with E-state index in [4.69, 9.17) is 17.0 Å². The van der Waals surface area contributed by atoms with Crippen LogP contribution in [0.4, 0.5) is 5.69 Å². The van der Waals surface area contributed by atoms with E-state index in [0.29, 0.717) is 10.7 Å².